The summed E-state index contributed by atoms with van der Waals surface area (Å²) < 4.78 is 5.84. The molecule has 2 amide bonds. The number of rotatable bonds is 6. The second-order valence-corrected chi connectivity index (χ2v) is 7.00. The van der Waals surface area contributed by atoms with E-state index < -0.39 is 5.91 Å². The lowest BCUT2D eigenvalue weighted by atomic mass is 10.00. The molecule has 1 aliphatic rings. The van der Waals surface area contributed by atoms with Crippen LogP contribution in [-0.2, 0) is 4.79 Å². The number of primary amides is 1. The van der Waals surface area contributed by atoms with Gasteiger partial charge in [0.2, 0.25) is 11.8 Å². The Balaban J connectivity index is 1.46. The number of nitrogens with two attached hydrogens (primary N) is 1. The van der Waals surface area contributed by atoms with E-state index in [1.807, 2.05) is 41.3 Å². The average molecular weight is 374 g/mol. The lowest BCUT2D eigenvalue weighted by molar-refractivity contribution is -0.128. The highest BCUT2D eigenvalue weighted by Gasteiger charge is 2.19. The van der Waals surface area contributed by atoms with E-state index in [-0.39, 0.29) is 5.91 Å². The summed E-state index contributed by atoms with van der Waals surface area (Å²) in [5, 5.41) is 2.20. The second-order valence-electron chi connectivity index (χ2n) is 7.00. The summed E-state index contributed by atoms with van der Waals surface area (Å²) in [5.74, 6) is 0.600. The Morgan fingerprint density at radius 1 is 0.964 bits per heavy atom. The van der Waals surface area contributed by atoms with Gasteiger partial charge in [0.05, 0.1) is 6.54 Å². The van der Waals surface area contributed by atoms with Crippen LogP contribution in [0.1, 0.15) is 23.2 Å². The first-order valence-electron chi connectivity index (χ1n) is 9.45. The Morgan fingerprint density at radius 2 is 1.68 bits per heavy atom. The number of hydrogen-bond donors (Lipinski definition) is 1. The maximum absolute atomic E-state index is 11.6. The minimum absolute atomic E-state index is 0.221. The van der Waals surface area contributed by atoms with Crippen molar-refractivity contribution in [2.45, 2.75) is 12.8 Å². The Hall–Kier alpha value is -3.34. The number of nitrogens with zero attached hydrogens (tertiary/aromatic N) is 1. The molecular formula is C23H22N2O3. The fourth-order valence-electron chi connectivity index (χ4n) is 3.53. The third-order valence-corrected chi connectivity index (χ3v) is 5.12. The molecule has 1 fully saturated rings. The van der Waals surface area contributed by atoms with Crippen molar-refractivity contribution in [1.82, 2.24) is 4.90 Å². The number of ether oxygens (including phenoxy) is 1. The summed E-state index contributed by atoms with van der Waals surface area (Å²) >= 11 is 0. The maximum atomic E-state index is 11.6. The van der Waals surface area contributed by atoms with Gasteiger partial charge in [0.25, 0.3) is 0 Å². The van der Waals surface area contributed by atoms with E-state index in [1.165, 1.54) is 0 Å². The van der Waals surface area contributed by atoms with Crippen molar-refractivity contribution < 1.29 is 14.3 Å². The van der Waals surface area contributed by atoms with Crippen LogP contribution in [0.2, 0.25) is 0 Å². The summed E-state index contributed by atoms with van der Waals surface area (Å²) in [4.78, 5) is 24.7. The molecule has 1 aliphatic heterocycles. The molecule has 0 unspecified atom stereocenters. The minimum atomic E-state index is -0.424. The minimum Gasteiger partial charge on any atom is -0.492 e. The SMILES string of the molecule is NC(=O)c1ccc(-c2ccc3cc(OCCN4CCCC4=O)ccc3c2)cc1. The summed E-state index contributed by atoms with van der Waals surface area (Å²) in [5.41, 5.74) is 7.90. The molecule has 0 radical (unpaired) electrons. The molecule has 0 atom stereocenters. The van der Waals surface area contributed by atoms with Crippen molar-refractivity contribution in [3.8, 4) is 16.9 Å². The molecule has 0 bridgehead atoms. The van der Waals surface area contributed by atoms with Gasteiger partial charge in [-0.25, -0.2) is 0 Å². The number of hydrogen-bond acceptors (Lipinski definition) is 3. The van der Waals surface area contributed by atoms with Crippen LogP contribution in [0, 0.1) is 0 Å². The monoisotopic (exact) mass is 374 g/mol. The van der Waals surface area contributed by atoms with Crippen LogP contribution in [0.3, 0.4) is 0 Å². The van der Waals surface area contributed by atoms with E-state index in [0.717, 1.165) is 40.6 Å². The molecule has 28 heavy (non-hydrogen) atoms. The molecule has 4 rings (SSSR count). The Kier molecular flexibility index (Phi) is 4.98. The van der Waals surface area contributed by atoms with E-state index in [4.69, 9.17) is 10.5 Å². The van der Waals surface area contributed by atoms with Crippen molar-refractivity contribution in [3.63, 3.8) is 0 Å². The number of benzene rings is 3. The first kappa shape index (κ1) is 18.0. The van der Waals surface area contributed by atoms with E-state index in [1.54, 1.807) is 12.1 Å². The normalized spacial score (nSPS) is 13.9. The van der Waals surface area contributed by atoms with Crippen LogP contribution in [0.15, 0.2) is 60.7 Å². The molecular weight excluding hydrogens is 352 g/mol. The molecule has 142 valence electrons. The van der Waals surface area contributed by atoms with Crippen molar-refractivity contribution in [1.29, 1.82) is 0 Å². The quantitative estimate of drug-likeness (QED) is 0.716. The highest BCUT2D eigenvalue weighted by atomic mass is 16.5. The fraction of sp³-hybridized carbons (Fsp3) is 0.217. The topological polar surface area (TPSA) is 72.6 Å². The molecule has 0 aromatic heterocycles. The van der Waals surface area contributed by atoms with Gasteiger partial charge in [-0.05, 0) is 58.7 Å². The zero-order valence-electron chi connectivity index (χ0n) is 15.6. The molecule has 0 aliphatic carbocycles. The van der Waals surface area contributed by atoms with Crippen molar-refractivity contribution >= 4 is 22.6 Å². The molecule has 0 spiro atoms. The Labute approximate surface area is 163 Å². The molecule has 5 nitrogen and oxygen atoms in total. The van der Waals surface area contributed by atoms with Gasteiger partial charge in [0.1, 0.15) is 12.4 Å². The number of amides is 2. The number of carbonyl (C=O) groups is 2. The van der Waals surface area contributed by atoms with E-state index in [2.05, 4.69) is 12.1 Å². The van der Waals surface area contributed by atoms with E-state index >= 15 is 0 Å². The first-order chi connectivity index (χ1) is 13.6. The molecule has 2 N–H and O–H groups in total. The Bertz CT molecular complexity index is 1030. The van der Waals surface area contributed by atoms with Crippen LogP contribution >= 0.6 is 0 Å². The molecule has 1 saturated heterocycles. The van der Waals surface area contributed by atoms with Gasteiger partial charge in [-0.1, -0.05) is 30.3 Å². The third kappa shape index (κ3) is 3.83. The van der Waals surface area contributed by atoms with Crippen molar-refractivity contribution in [3.05, 3.63) is 66.2 Å². The average Bonchev–Trinajstić information content (AvgIpc) is 3.12. The largest absolute Gasteiger partial charge is 0.492 e. The lowest BCUT2D eigenvalue weighted by Crippen LogP contribution is -2.29. The van der Waals surface area contributed by atoms with Gasteiger partial charge < -0.3 is 15.4 Å². The maximum Gasteiger partial charge on any atom is 0.248 e. The predicted molar refractivity (Wildman–Crippen MR) is 109 cm³/mol. The summed E-state index contributed by atoms with van der Waals surface area (Å²) in [6, 6.07) is 19.5. The summed E-state index contributed by atoms with van der Waals surface area (Å²) in [7, 11) is 0. The molecule has 1 heterocycles. The van der Waals surface area contributed by atoms with Gasteiger partial charge in [-0.3, -0.25) is 9.59 Å². The van der Waals surface area contributed by atoms with Crippen molar-refractivity contribution in [2.24, 2.45) is 5.73 Å². The number of likely N-dealkylation sites (tertiary alicyclic amines) is 1. The molecule has 3 aromatic rings. The summed E-state index contributed by atoms with van der Waals surface area (Å²) in [6.07, 6.45) is 1.60. The first-order valence-corrected chi connectivity index (χ1v) is 9.45. The van der Waals surface area contributed by atoms with Crippen LogP contribution in [0.4, 0.5) is 0 Å². The van der Waals surface area contributed by atoms with Gasteiger partial charge in [0, 0.05) is 18.5 Å². The van der Waals surface area contributed by atoms with E-state index in [9.17, 15) is 9.59 Å². The van der Waals surface area contributed by atoms with Crippen LogP contribution in [-0.4, -0.2) is 36.4 Å². The van der Waals surface area contributed by atoms with Gasteiger partial charge in [-0.15, -0.1) is 0 Å². The molecule has 5 heteroatoms. The highest BCUT2D eigenvalue weighted by Crippen LogP contribution is 2.27. The van der Waals surface area contributed by atoms with Gasteiger partial charge >= 0.3 is 0 Å². The lowest BCUT2D eigenvalue weighted by Gasteiger charge is -2.16. The van der Waals surface area contributed by atoms with Crippen LogP contribution in [0.25, 0.3) is 21.9 Å². The smallest absolute Gasteiger partial charge is 0.248 e. The van der Waals surface area contributed by atoms with Crippen LogP contribution < -0.4 is 10.5 Å². The van der Waals surface area contributed by atoms with Gasteiger partial charge in [0.15, 0.2) is 0 Å². The Morgan fingerprint density at radius 3 is 2.39 bits per heavy atom. The van der Waals surface area contributed by atoms with Gasteiger partial charge in [-0.2, -0.15) is 0 Å². The predicted octanol–water partition coefficient (Wildman–Crippen LogP) is 3.61. The zero-order chi connectivity index (χ0) is 19.5. The standard InChI is InChI=1S/C23H22N2O3/c24-23(27)17-5-3-16(4-6-17)18-7-8-20-15-21(10-9-19(20)14-18)28-13-12-25-11-1-2-22(25)26/h3-10,14-15H,1-2,11-13H2,(H2,24,27). The number of carbonyl (C=O) groups excluding carboxylic acids is 2. The number of fused-ring (bicyclic) bond motifs is 1. The molecule has 3 aromatic carbocycles. The fourth-order valence-corrected chi connectivity index (χ4v) is 3.53. The third-order valence-electron chi connectivity index (χ3n) is 5.12. The highest BCUT2D eigenvalue weighted by molar-refractivity contribution is 5.93. The van der Waals surface area contributed by atoms with E-state index in [0.29, 0.717) is 25.1 Å². The second kappa shape index (κ2) is 7.72. The summed E-state index contributed by atoms with van der Waals surface area (Å²) in [6.45, 7) is 1.97. The van der Waals surface area contributed by atoms with Crippen LogP contribution in [0.5, 0.6) is 5.75 Å². The van der Waals surface area contributed by atoms with Crippen molar-refractivity contribution in [2.75, 3.05) is 19.7 Å². The molecule has 0 saturated carbocycles. The zero-order valence-corrected chi connectivity index (χ0v) is 15.6.